The first-order chi connectivity index (χ1) is 20.9. The van der Waals surface area contributed by atoms with Gasteiger partial charge >= 0.3 is 0 Å². The number of pyridine rings is 1. The van der Waals surface area contributed by atoms with Gasteiger partial charge in [-0.25, -0.2) is 4.98 Å². The van der Waals surface area contributed by atoms with Gasteiger partial charge in [0.15, 0.2) is 0 Å². The van der Waals surface area contributed by atoms with Gasteiger partial charge in [-0.05, 0) is 48.0 Å². The molecule has 6 rings (SSSR count). The minimum atomic E-state index is -0.590. The number of rotatable bonds is 9. The molecule has 1 fully saturated rings. The van der Waals surface area contributed by atoms with Crippen molar-refractivity contribution in [2.45, 2.75) is 19.3 Å². The summed E-state index contributed by atoms with van der Waals surface area (Å²) < 4.78 is 8.17. The van der Waals surface area contributed by atoms with Crippen LogP contribution >= 0.6 is 23.2 Å². The van der Waals surface area contributed by atoms with Crippen LogP contribution in [0, 0.1) is 0 Å². The summed E-state index contributed by atoms with van der Waals surface area (Å²) in [5.41, 5.74) is 3.18. The van der Waals surface area contributed by atoms with E-state index in [0.29, 0.717) is 39.5 Å². The number of aliphatic hydroxyl groups excluding tert-OH is 1. The third-order valence-corrected chi connectivity index (χ3v) is 8.34. The zero-order chi connectivity index (χ0) is 29.8. The second-order valence-corrected chi connectivity index (χ2v) is 11.3. The molecule has 1 atom stereocenters. The summed E-state index contributed by atoms with van der Waals surface area (Å²) in [6.07, 6.45) is 2.92. The molecule has 0 radical (unpaired) electrons. The lowest BCUT2D eigenvalue weighted by Crippen LogP contribution is -2.51. The Hall–Kier alpha value is -3.92. The van der Waals surface area contributed by atoms with E-state index in [1.165, 1.54) is 17.8 Å². The summed E-state index contributed by atoms with van der Waals surface area (Å²) in [6, 6.07) is 26.4. The molecule has 2 aromatic heterocycles. The van der Waals surface area contributed by atoms with E-state index >= 15 is 0 Å². The third kappa shape index (κ3) is 7.01. The molecule has 3 aromatic carbocycles. The maximum atomic E-state index is 12.6. The lowest BCUT2D eigenvalue weighted by Gasteiger charge is -2.37. The van der Waals surface area contributed by atoms with E-state index in [9.17, 15) is 9.90 Å². The molecular weight excluding hydrogens is 585 g/mol. The van der Waals surface area contributed by atoms with Crippen LogP contribution in [0.5, 0.6) is 11.6 Å². The quantitative estimate of drug-likeness (QED) is 0.196. The monoisotopic (exact) mass is 615 g/mol. The van der Waals surface area contributed by atoms with Gasteiger partial charge in [0, 0.05) is 55.9 Å². The second kappa shape index (κ2) is 13.2. The molecule has 0 spiro atoms. The summed E-state index contributed by atoms with van der Waals surface area (Å²) in [7, 11) is 0. The Morgan fingerprint density at radius 2 is 1.74 bits per heavy atom. The van der Waals surface area contributed by atoms with Crippen molar-refractivity contribution >= 4 is 45.7 Å². The van der Waals surface area contributed by atoms with Crippen LogP contribution in [0.25, 0.3) is 10.9 Å². The van der Waals surface area contributed by atoms with E-state index in [1.54, 1.807) is 24.3 Å². The predicted octanol–water partition coefficient (Wildman–Crippen LogP) is 6.52. The Kier molecular flexibility index (Phi) is 8.92. The average Bonchev–Trinajstić information content (AvgIpc) is 3.44. The van der Waals surface area contributed by atoms with Crippen molar-refractivity contribution in [1.82, 2.24) is 19.4 Å². The first-order valence-electron chi connectivity index (χ1n) is 14.1. The lowest BCUT2D eigenvalue weighted by atomic mass is 10.2. The van der Waals surface area contributed by atoms with Crippen LogP contribution < -0.4 is 10.1 Å². The van der Waals surface area contributed by atoms with Gasteiger partial charge in [0.2, 0.25) is 5.88 Å². The fourth-order valence-corrected chi connectivity index (χ4v) is 5.56. The molecule has 220 valence electrons. The van der Waals surface area contributed by atoms with Crippen molar-refractivity contribution in [2.75, 3.05) is 31.5 Å². The number of fused-ring (bicyclic) bond motifs is 1. The largest absolute Gasteiger partial charge is 0.438 e. The van der Waals surface area contributed by atoms with Crippen LogP contribution in [0.1, 0.15) is 15.9 Å². The van der Waals surface area contributed by atoms with Crippen LogP contribution in [-0.2, 0) is 13.1 Å². The van der Waals surface area contributed by atoms with Gasteiger partial charge in [-0.2, -0.15) is 0 Å². The van der Waals surface area contributed by atoms with E-state index in [1.807, 2.05) is 36.5 Å². The SMILES string of the molecule is O=C(Nc1ccc(Oc2cccc3c2ccn3CC(O)N2CCN(Cc3ccccc3)CC2)nc1)c1ccc(Cl)c(Cl)c1. The number of carbonyl (C=O) groups excluding carboxylic acids is 1. The lowest BCUT2D eigenvalue weighted by molar-refractivity contribution is -0.0352. The number of nitrogens with zero attached hydrogens (tertiary/aromatic N) is 4. The van der Waals surface area contributed by atoms with Crippen molar-refractivity contribution in [3.63, 3.8) is 0 Å². The van der Waals surface area contributed by atoms with Gasteiger partial charge in [-0.15, -0.1) is 0 Å². The maximum absolute atomic E-state index is 12.6. The van der Waals surface area contributed by atoms with Crippen LogP contribution in [0.3, 0.4) is 0 Å². The van der Waals surface area contributed by atoms with Gasteiger partial charge < -0.3 is 19.7 Å². The molecule has 1 unspecified atom stereocenters. The number of piperazine rings is 1. The number of benzene rings is 3. The van der Waals surface area contributed by atoms with Gasteiger partial charge in [-0.3, -0.25) is 14.6 Å². The number of anilines is 1. The van der Waals surface area contributed by atoms with Crippen LogP contribution in [-0.4, -0.2) is 62.8 Å². The maximum Gasteiger partial charge on any atom is 0.255 e. The molecule has 8 nitrogen and oxygen atoms in total. The van der Waals surface area contributed by atoms with Crippen LogP contribution in [0.15, 0.2) is 97.3 Å². The van der Waals surface area contributed by atoms with Crippen molar-refractivity contribution in [1.29, 1.82) is 0 Å². The Balaban J connectivity index is 1.06. The van der Waals surface area contributed by atoms with Gasteiger partial charge in [0.25, 0.3) is 5.91 Å². The van der Waals surface area contributed by atoms with Crippen LogP contribution in [0.4, 0.5) is 5.69 Å². The van der Waals surface area contributed by atoms with Gasteiger partial charge in [-0.1, -0.05) is 59.6 Å². The summed E-state index contributed by atoms with van der Waals surface area (Å²) in [5.74, 6) is 0.720. The number of hydrogen-bond acceptors (Lipinski definition) is 6. The smallest absolute Gasteiger partial charge is 0.255 e. The Morgan fingerprint density at radius 1 is 0.930 bits per heavy atom. The number of nitrogens with one attached hydrogen (secondary N) is 1. The molecule has 0 aliphatic carbocycles. The molecule has 10 heteroatoms. The Morgan fingerprint density at radius 3 is 2.49 bits per heavy atom. The minimum absolute atomic E-state index is 0.311. The molecule has 2 N–H and O–H groups in total. The van der Waals surface area contributed by atoms with E-state index in [4.69, 9.17) is 27.9 Å². The number of aliphatic hydroxyl groups is 1. The Labute approximate surface area is 260 Å². The fourth-order valence-electron chi connectivity index (χ4n) is 5.26. The highest BCUT2D eigenvalue weighted by Gasteiger charge is 2.23. The first kappa shape index (κ1) is 29.2. The van der Waals surface area contributed by atoms with E-state index in [2.05, 4.69) is 48.9 Å². The fraction of sp³-hybridized carbons (Fsp3) is 0.212. The number of halogens is 2. The highest BCUT2D eigenvalue weighted by molar-refractivity contribution is 6.42. The number of aromatic nitrogens is 2. The molecule has 43 heavy (non-hydrogen) atoms. The molecule has 5 aromatic rings. The predicted molar refractivity (Wildman–Crippen MR) is 170 cm³/mol. The molecule has 1 aliphatic heterocycles. The summed E-state index contributed by atoms with van der Waals surface area (Å²) in [6.45, 7) is 4.86. The number of amides is 1. The van der Waals surface area contributed by atoms with E-state index < -0.39 is 6.23 Å². The zero-order valence-corrected chi connectivity index (χ0v) is 24.9. The second-order valence-electron chi connectivity index (χ2n) is 10.5. The molecule has 1 saturated heterocycles. The standard InChI is InChI=1S/C33H31Cl2N5O3/c34-27-11-9-24(19-28(27)35)33(42)37-25-10-12-31(36-20-25)43-30-8-4-7-29-26(30)13-14-40(29)22-32(41)39-17-15-38(16-18-39)21-23-5-2-1-3-6-23/h1-14,19-20,32,41H,15-18,21-22H2,(H,37,42). The number of hydrogen-bond donors (Lipinski definition) is 2. The normalized spacial score (nSPS) is 15.0. The topological polar surface area (TPSA) is 82.9 Å². The zero-order valence-electron chi connectivity index (χ0n) is 23.4. The summed E-state index contributed by atoms with van der Waals surface area (Å²) in [5, 5.41) is 15.5. The average molecular weight is 617 g/mol. The number of carbonyl (C=O) groups is 1. The molecule has 1 amide bonds. The van der Waals surface area contributed by atoms with Gasteiger partial charge in [0.05, 0.1) is 34.0 Å². The highest BCUT2D eigenvalue weighted by atomic mass is 35.5. The molecular formula is C33H31Cl2N5O3. The van der Waals surface area contributed by atoms with E-state index in [0.717, 1.165) is 43.6 Å². The van der Waals surface area contributed by atoms with Crippen molar-refractivity contribution in [2.24, 2.45) is 0 Å². The molecule has 0 bridgehead atoms. The van der Waals surface area contributed by atoms with Crippen molar-refractivity contribution in [3.05, 3.63) is 118 Å². The molecule has 0 saturated carbocycles. The summed E-state index contributed by atoms with van der Waals surface area (Å²) >= 11 is 12.0. The highest BCUT2D eigenvalue weighted by Crippen LogP contribution is 2.31. The van der Waals surface area contributed by atoms with Crippen molar-refractivity contribution < 1.29 is 14.6 Å². The van der Waals surface area contributed by atoms with Crippen molar-refractivity contribution in [3.8, 4) is 11.6 Å². The Bertz CT molecular complexity index is 1700. The molecule has 1 aliphatic rings. The first-order valence-corrected chi connectivity index (χ1v) is 14.8. The minimum Gasteiger partial charge on any atom is -0.438 e. The third-order valence-electron chi connectivity index (χ3n) is 7.60. The number of ether oxygens (including phenoxy) is 1. The van der Waals surface area contributed by atoms with Crippen LogP contribution in [0.2, 0.25) is 10.0 Å². The summed E-state index contributed by atoms with van der Waals surface area (Å²) in [4.78, 5) is 21.5. The molecule has 3 heterocycles. The van der Waals surface area contributed by atoms with Gasteiger partial charge in [0.1, 0.15) is 12.0 Å². The van der Waals surface area contributed by atoms with E-state index in [-0.39, 0.29) is 5.91 Å².